The first kappa shape index (κ1) is 17.5. The molecule has 0 aliphatic rings. The summed E-state index contributed by atoms with van der Waals surface area (Å²) < 4.78 is 0. The molecule has 0 bridgehead atoms. The molecule has 26 heavy (non-hydrogen) atoms. The molecular weight excluding hydrogens is 326 g/mol. The van der Waals surface area contributed by atoms with Crippen LogP contribution in [0.5, 0.6) is 0 Å². The number of hydrogen-bond acceptors (Lipinski definition) is 4. The molecule has 3 aromatic rings. The molecular formula is C21H19N3O2. The summed E-state index contributed by atoms with van der Waals surface area (Å²) in [5.41, 5.74) is 10.2. The second-order valence-corrected chi connectivity index (χ2v) is 5.93. The van der Waals surface area contributed by atoms with Crippen LogP contribution in [0.1, 0.15) is 5.56 Å². The average molecular weight is 345 g/mol. The molecule has 0 aromatic heterocycles. The summed E-state index contributed by atoms with van der Waals surface area (Å²) in [6.45, 7) is 0. The highest BCUT2D eigenvalue weighted by Gasteiger charge is 2.11. The molecule has 130 valence electrons. The maximum absolute atomic E-state index is 10.8. The van der Waals surface area contributed by atoms with Crippen LogP contribution < -0.4 is 5.73 Å². The molecule has 0 saturated carbocycles. The predicted octanol–water partition coefficient (Wildman–Crippen LogP) is 4.72. The molecule has 0 fully saturated rings. The van der Waals surface area contributed by atoms with Gasteiger partial charge >= 0.3 is 5.97 Å². The molecule has 0 saturated heterocycles. The van der Waals surface area contributed by atoms with E-state index in [0.29, 0.717) is 6.42 Å². The van der Waals surface area contributed by atoms with Gasteiger partial charge in [-0.05, 0) is 47.4 Å². The zero-order valence-electron chi connectivity index (χ0n) is 14.1. The minimum absolute atomic E-state index is 0.314. The lowest BCUT2D eigenvalue weighted by Crippen LogP contribution is -2.32. The molecule has 3 aromatic carbocycles. The lowest BCUT2D eigenvalue weighted by molar-refractivity contribution is -0.138. The molecule has 0 heterocycles. The Morgan fingerprint density at radius 1 is 0.808 bits per heavy atom. The largest absolute Gasteiger partial charge is 0.480 e. The molecule has 3 rings (SSSR count). The summed E-state index contributed by atoms with van der Waals surface area (Å²) in [4.78, 5) is 10.8. The first-order valence-corrected chi connectivity index (χ1v) is 8.26. The lowest BCUT2D eigenvalue weighted by Gasteiger charge is -2.08. The highest BCUT2D eigenvalue weighted by Crippen LogP contribution is 2.24. The van der Waals surface area contributed by atoms with Gasteiger partial charge in [0.05, 0.1) is 11.4 Å². The molecule has 0 spiro atoms. The third-order valence-electron chi connectivity index (χ3n) is 3.96. The van der Waals surface area contributed by atoms with Crippen LogP contribution in [0.3, 0.4) is 0 Å². The van der Waals surface area contributed by atoms with E-state index in [0.717, 1.165) is 28.1 Å². The van der Waals surface area contributed by atoms with Crippen molar-refractivity contribution in [1.82, 2.24) is 0 Å². The van der Waals surface area contributed by atoms with Gasteiger partial charge in [-0.2, -0.15) is 10.2 Å². The molecule has 3 N–H and O–H groups in total. The van der Waals surface area contributed by atoms with Gasteiger partial charge in [0.15, 0.2) is 0 Å². The second-order valence-electron chi connectivity index (χ2n) is 5.93. The van der Waals surface area contributed by atoms with E-state index in [4.69, 9.17) is 10.8 Å². The Balaban J connectivity index is 1.68. The van der Waals surface area contributed by atoms with Crippen molar-refractivity contribution in [3.05, 3.63) is 84.4 Å². The maximum Gasteiger partial charge on any atom is 0.320 e. The number of aliphatic carboxylic acids is 1. The van der Waals surface area contributed by atoms with E-state index in [1.807, 2.05) is 78.9 Å². The van der Waals surface area contributed by atoms with Crippen molar-refractivity contribution in [2.45, 2.75) is 12.5 Å². The van der Waals surface area contributed by atoms with E-state index in [9.17, 15) is 4.79 Å². The number of nitrogens with zero attached hydrogens (tertiary/aromatic N) is 2. The standard InChI is InChI=1S/C21H19N3O2/c22-20(21(25)26)14-15-6-8-16(9-7-15)17-10-12-19(13-11-17)24-23-18-4-2-1-3-5-18/h1-13,20H,14,22H2,(H,25,26)/b24-23+/t20-/m0/s1. The normalized spacial score (nSPS) is 12.2. The van der Waals surface area contributed by atoms with E-state index in [1.165, 1.54) is 0 Å². The molecule has 0 amide bonds. The van der Waals surface area contributed by atoms with E-state index < -0.39 is 12.0 Å². The number of hydrogen-bond donors (Lipinski definition) is 2. The first-order chi connectivity index (χ1) is 12.6. The number of rotatable bonds is 6. The van der Waals surface area contributed by atoms with Gasteiger partial charge in [0.25, 0.3) is 0 Å². The maximum atomic E-state index is 10.8. The van der Waals surface area contributed by atoms with Crippen LogP contribution in [0, 0.1) is 0 Å². The first-order valence-electron chi connectivity index (χ1n) is 8.26. The van der Waals surface area contributed by atoms with Gasteiger partial charge in [0.1, 0.15) is 6.04 Å². The Hall–Kier alpha value is -3.31. The van der Waals surface area contributed by atoms with E-state index in [2.05, 4.69) is 10.2 Å². The fourth-order valence-electron chi connectivity index (χ4n) is 2.51. The van der Waals surface area contributed by atoms with Crippen molar-refractivity contribution in [1.29, 1.82) is 0 Å². The molecule has 0 radical (unpaired) electrons. The summed E-state index contributed by atoms with van der Waals surface area (Å²) in [6, 6.07) is 24.2. The minimum Gasteiger partial charge on any atom is -0.480 e. The second kappa shape index (κ2) is 8.18. The van der Waals surface area contributed by atoms with Gasteiger partial charge in [0.2, 0.25) is 0 Å². The van der Waals surface area contributed by atoms with Crippen molar-refractivity contribution in [2.24, 2.45) is 16.0 Å². The van der Waals surface area contributed by atoms with Crippen LogP contribution in [0.15, 0.2) is 89.1 Å². The third kappa shape index (κ3) is 4.62. The fourth-order valence-corrected chi connectivity index (χ4v) is 2.51. The van der Waals surface area contributed by atoms with E-state index in [1.54, 1.807) is 0 Å². The van der Waals surface area contributed by atoms with Crippen molar-refractivity contribution < 1.29 is 9.90 Å². The van der Waals surface area contributed by atoms with Gasteiger partial charge in [-0.1, -0.05) is 54.6 Å². The van der Waals surface area contributed by atoms with Gasteiger partial charge in [-0.15, -0.1) is 0 Å². The van der Waals surface area contributed by atoms with Gasteiger partial charge in [0, 0.05) is 0 Å². The van der Waals surface area contributed by atoms with Crippen molar-refractivity contribution >= 4 is 17.3 Å². The fraction of sp³-hybridized carbons (Fsp3) is 0.0952. The number of nitrogens with two attached hydrogens (primary N) is 1. The van der Waals surface area contributed by atoms with Crippen LogP contribution in [0.2, 0.25) is 0 Å². The van der Waals surface area contributed by atoms with Crippen molar-refractivity contribution in [3.63, 3.8) is 0 Å². The quantitative estimate of drug-likeness (QED) is 0.633. The molecule has 0 unspecified atom stereocenters. The van der Waals surface area contributed by atoms with Crippen molar-refractivity contribution in [2.75, 3.05) is 0 Å². The summed E-state index contributed by atoms with van der Waals surface area (Å²) in [7, 11) is 0. The Labute approximate surface area is 151 Å². The molecule has 0 aliphatic heterocycles. The van der Waals surface area contributed by atoms with E-state index >= 15 is 0 Å². The monoisotopic (exact) mass is 345 g/mol. The summed E-state index contributed by atoms with van der Waals surface area (Å²) in [6.07, 6.45) is 0.314. The Kier molecular flexibility index (Phi) is 5.51. The topological polar surface area (TPSA) is 88.0 Å². The number of carbonyl (C=O) groups is 1. The van der Waals surface area contributed by atoms with Crippen LogP contribution in [0.4, 0.5) is 11.4 Å². The SMILES string of the molecule is N[C@@H](Cc1ccc(-c2ccc(/N=N/c3ccccc3)cc2)cc1)C(=O)O. The zero-order valence-corrected chi connectivity index (χ0v) is 14.1. The van der Waals surface area contributed by atoms with Gasteiger partial charge in [-0.3, -0.25) is 4.79 Å². The van der Waals surface area contributed by atoms with Gasteiger partial charge < -0.3 is 10.8 Å². The molecule has 5 nitrogen and oxygen atoms in total. The predicted molar refractivity (Wildman–Crippen MR) is 102 cm³/mol. The lowest BCUT2D eigenvalue weighted by atomic mass is 10.0. The summed E-state index contributed by atoms with van der Waals surface area (Å²) in [5.74, 6) is -0.991. The molecule has 0 aliphatic carbocycles. The number of carboxylic acids is 1. The zero-order chi connectivity index (χ0) is 18.4. The van der Waals surface area contributed by atoms with E-state index in [-0.39, 0.29) is 0 Å². The number of benzene rings is 3. The van der Waals surface area contributed by atoms with Crippen LogP contribution >= 0.6 is 0 Å². The smallest absolute Gasteiger partial charge is 0.320 e. The summed E-state index contributed by atoms with van der Waals surface area (Å²) in [5, 5.41) is 17.3. The van der Waals surface area contributed by atoms with Gasteiger partial charge in [-0.25, -0.2) is 0 Å². The third-order valence-corrected chi connectivity index (χ3v) is 3.96. The number of azo groups is 1. The highest BCUT2D eigenvalue weighted by molar-refractivity contribution is 5.73. The van der Waals surface area contributed by atoms with Crippen molar-refractivity contribution in [3.8, 4) is 11.1 Å². The summed E-state index contributed by atoms with van der Waals surface area (Å²) >= 11 is 0. The molecule has 5 heteroatoms. The number of carboxylic acid groups (broad SMARTS) is 1. The van der Waals surface area contributed by atoms with Crippen LogP contribution in [-0.4, -0.2) is 17.1 Å². The Morgan fingerprint density at radius 2 is 1.31 bits per heavy atom. The average Bonchev–Trinajstić information content (AvgIpc) is 2.68. The van der Waals surface area contributed by atoms with Crippen LogP contribution in [-0.2, 0) is 11.2 Å². The molecule has 1 atom stereocenters. The Morgan fingerprint density at radius 3 is 1.85 bits per heavy atom. The minimum atomic E-state index is -0.991. The van der Waals surface area contributed by atoms with Crippen LogP contribution in [0.25, 0.3) is 11.1 Å². The highest BCUT2D eigenvalue weighted by atomic mass is 16.4. The Bertz CT molecular complexity index is 889.